The van der Waals surface area contributed by atoms with Crippen LogP contribution in [0.25, 0.3) is 0 Å². The fourth-order valence-electron chi connectivity index (χ4n) is 2.23. The molecule has 2 aromatic carbocycles. The Bertz CT molecular complexity index is 572. The van der Waals surface area contributed by atoms with Gasteiger partial charge in [0.1, 0.15) is 0 Å². The molecule has 0 heterocycles. The molecule has 0 saturated carbocycles. The minimum absolute atomic E-state index is 0.171. The van der Waals surface area contributed by atoms with Crippen molar-refractivity contribution in [2.24, 2.45) is 0 Å². The van der Waals surface area contributed by atoms with Gasteiger partial charge in [0.25, 0.3) is 0 Å². The average Bonchev–Trinajstić information content (AvgIpc) is 2.36. The Morgan fingerprint density at radius 1 is 0.800 bits per heavy atom. The lowest BCUT2D eigenvalue weighted by atomic mass is 9.84. The van der Waals surface area contributed by atoms with Gasteiger partial charge in [-0.2, -0.15) is 13.2 Å². The van der Waals surface area contributed by atoms with Crippen molar-refractivity contribution in [1.29, 1.82) is 0 Å². The molecule has 0 aliphatic heterocycles. The van der Waals surface area contributed by atoms with Crippen LogP contribution in [0.4, 0.5) is 13.2 Å². The molecule has 2 rings (SSSR count). The fraction of sp³-hybridized carbons (Fsp3) is 0.250. The van der Waals surface area contributed by atoms with Gasteiger partial charge < -0.3 is 5.11 Å². The Morgan fingerprint density at radius 2 is 1.20 bits per heavy atom. The maximum Gasteiger partial charge on any atom is 0.425 e. The van der Waals surface area contributed by atoms with Crippen molar-refractivity contribution in [2.75, 3.05) is 0 Å². The van der Waals surface area contributed by atoms with E-state index in [-0.39, 0.29) is 11.1 Å². The zero-order valence-electron chi connectivity index (χ0n) is 11.2. The van der Waals surface area contributed by atoms with Gasteiger partial charge in [-0.05, 0) is 25.0 Å². The zero-order valence-corrected chi connectivity index (χ0v) is 11.2. The first-order valence-electron chi connectivity index (χ1n) is 6.18. The third-order valence-electron chi connectivity index (χ3n) is 3.28. The molecule has 0 aliphatic rings. The van der Waals surface area contributed by atoms with Crippen LogP contribution in [0.2, 0.25) is 0 Å². The molecular weight excluding hydrogens is 265 g/mol. The molecule has 0 bridgehead atoms. The Morgan fingerprint density at radius 3 is 1.50 bits per heavy atom. The summed E-state index contributed by atoms with van der Waals surface area (Å²) in [5, 5.41) is 10.4. The van der Waals surface area contributed by atoms with Crippen LogP contribution < -0.4 is 0 Å². The van der Waals surface area contributed by atoms with Crippen molar-refractivity contribution in [3.05, 3.63) is 70.8 Å². The van der Waals surface area contributed by atoms with Crippen LogP contribution in [-0.4, -0.2) is 11.3 Å². The molecular formula is C16H15F3O. The van der Waals surface area contributed by atoms with Crippen LogP contribution in [0.1, 0.15) is 22.3 Å². The van der Waals surface area contributed by atoms with Gasteiger partial charge in [-0.15, -0.1) is 0 Å². The van der Waals surface area contributed by atoms with E-state index in [0.29, 0.717) is 11.1 Å². The van der Waals surface area contributed by atoms with E-state index >= 15 is 0 Å². The molecule has 1 N–H and O–H groups in total. The van der Waals surface area contributed by atoms with Crippen molar-refractivity contribution in [2.45, 2.75) is 25.6 Å². The summed E-state index contributed by atoms with van der Waals surface area (Å²) >= 11 is 0. The number of hydrogen-bond donors (Lipinski definition) is 1. The summed E-state index contributed by atoms with van der Waals surface area (Å²) in [5.41, 5.74) is -2.01. The molecule has 4 heteroatoms. The summed E-state index contributed by atoms with van der Waals surface area (Å²) in [6, 6.07) is 11.7. The third kappa shape index (κ3) is 2.43. The lowest BCUT2D eigenvalue weighted by Crippen LogP contribution is -2.43. The summed E-state index contributed by atoms with van der Waals surface area (Å²) in [5.74, 6) is 0. The van der Waals surface area contributed by atoms with Crippen molar-refractivity contribution in [1.82, 2.24) is 0 Å². The molecule has 0 aliphatic carbocycles. The second-order valence-corrected chi connectivity index (χ2v) is 4.95. The van der Waals surface area contributed by atoms with Gasteiger partial charge in [0.2, 0.25) is 5.60 Å². The highest BCUT2D eigenvalue weighted by Crippen LogP contribution is 2.44. The largest absolute Gasteiger partial charge is 0.425 e. The van der Waals surface area contributed by atoms with Gasteiger partial charge in [-0.3, -0.25) is 0 Å². The monoisotopic (exact) mass is 280 g/mol. The zero-order chi connectivity index (χ0) is 15.0. The molecule has 2 aromatic rings. The Balaban J connectivity index is 2.69. The lowest BCUT2D eigenvalue weighted by Gasteiger charge is -2.32. The number of hydrogen-bond acceptors (Lipinski definition) is 1. The van der Waals surface area contributed by atoms with E-state index in [4.69, 9.17) is 0 Å². The Hall–Kier alpha value is -1.81. The normalized spacial score (nSPS) is 12.5. The van der Waals surface area contributed by atoms with E-state index in [0.717, 1.165) is 0 Å². The number of benzene rings is 2. The summed E-state index contributed by atoms with van der Waals surface area (Å²) in [4.78, 5) is 0. The molecule has 0 amide bonds. The van der Waals surface area contributed by atoms with Crippen molar-refractivity contribution in [3.8, 4) is 0 Å². The highest BCUT2D eigenvalue weighted by Gasteiger charge is 2.56. The quantitative estimate of drug-likeness (QED) is 0.878. The number of aryl methyl sites for hydroxylation is 2. The smallest absolute Gasteiger partial charge is 0.372 e. The maximum atomic E-state index is 13.5. The topological polar surface area (TPSA) is 20.2 Å². The highest BCUT2D eigenvalue weighted by molar-refractivity contribution is 5.41. The number of halogens is 3. The molecule has 0 saturated heterocycles. The minimum Gasteiger partial charge on any atom is -0.372 e. The predicted molar refractivity (Wildman–Crippen MR) is 71.4 cm³/mol. The first-order valence-corrected chi connectivity index (χ1v) is 6.18. The Labute approximate surface area is 115 Å². The number of alkyl halides is 3. The molecule has 0 atom stereocenters. The second kappa shape index (κ2) is 4.94. The predicted octanol–water partition coefficient (Wildman–Crippen LogP) is 4.10. The molecule has 0 spiro atoms. The van der Waals surface area contributed by atoms with Gasteiger partial charge >= 0.3 is 6.18 Å². The molecule has 0 fully saturated rings. The van der Waals surface area contributed by atoms with Gasteiger partial charge in [-0.1, -0.05) is 59.7 Å². The summed E-state index contributed by atoms with van der Waals surface area (Å²) in [7, 11) is 0. The van der Waals surface area contributed by atoms with Crippen LogP contribution in [0.3, 0.4) is 0 Å². The van der Waals surface area contributed by atoms with Gasteiger partial charge in [-0.25, -0.2) is 0 Å². The van der Waals surface area contributed by atoms with E-state index in [2.05, 4.69) is 0 Å². The highest BCUT2D eigenvalue weighted by atomic mass is 19.4. The van der Waals surface area contributed by atoms with Gasteiger partial charge in [0.05, 0.1) is 0 Å². The van der Waals surface area contributed by atoms with Crippen LogP contribution in [0, 0.1) is 13.8 Å². The standard InChI is InChI=1S/C16H15F3O/c1-11-5-3-7-13(9-11)15(20,16(17,18)19)14-8-4-6-12(2)10-14/h3-10,20H,1-2H3. The fourth-order valence-corrected chi connectivity index (χ4v) is 2.23. The van der Waals surface area contributed by atoms with Crippen LogP contribution in [0.15, 0.2) is 48.5 Å². The summed E-state index contributed by atoms with van der Waals surface area (Å²) in [6.07, 6.45) is -4.80. The molecule has 106 valence electrons. The second-order valence-electron chi connectivity index (χ2n) is 4.95. The van der Waals surface area contributed by atoms with Crippen molar-refractivity contribution >= 4 is 0 Å². The minimum atomic E-state index is -4.80. The first kappa shape index (κ1) is 14.6. The number of rotatable bonds is 2. The average molecular weight is 280 g/mol. The maximum absolute atomic E-state index is 13.5. The first-order chi connectivity index (χ1) is 9.25. The van der Waals surface area contributed by atoms with Crippen LogP contribution in [0.5, 0.6) is 0 Å². The van der Waals surface area contributed by atoms with Crippen LogP contribution in [-0.2, 0) is 5.60 Å². The van der Waals surface area contributed by atoms with E-state index in [1.165, 1.54) is 36.4 Å². The molecule has 20 heavy (non-hydrogen) atoms. The van der Waals surface area contributed by atoms with Gasteiger partial charge in [0.15, 0.2) is 0 Å². The summed E-state index contributed by atoms with van der Waals surface area (Å²) in [6.45, 7) is 3.38. The number of aliphatic hydroxyl groups is 1. The third-order valence-corrected chi connectivity index (χ3v) is 3.28. The van der Waals surface area contributed by atoms with Crippen LogP contribution >= 0.6 is 0 Å². The molecule has 1 nitrogen and oxygen atoms in total. The lowest BCUT2D eigenvalue weighted by molar-refractivity contribution is -0.248. The molecule has 0 unspecified atom stereocenters. The summed E-state index contributed by atoms with van der Waals surface area (Å²) < 4.78 is 40.5. The van der Waals surface area contributed by atoms with E-state index < -0.39 is 11.8 Å². The molecule has 0 radical (unpaired) electrons. The van der Waals surface area contributed by atoms with E-state index in [9.17, 15) is 18.3 Å². The molecule has 0 aromatic heterocycles. The van der Waals surface area contributed by atoms with Crippen molar-refractivity contribution < 1.29 is 18.3 Å². The van der Waals surface area contributed by atoms with E-state index in [1.807, 2.05) is 0 Å². The SMILES string of the molecule is Cc1cccc(C(O)(c2cccc(C)c2)C(F)(F)F)c1. The van der Waals surface area contributed by atoms with Crippen molar-refractivity contribution in [3.63, 3.8) is 0 Å². The Kier molecular flexibility index (Phi) is 3.61. The van der Waals surface area contributed by atoms with E-state index in [1.54, 1.807) is 26.0 Å². The van der Waals surface area contributed by atoms with Gasteiger partial charge in [0, 0.05) is 0 Å².